The van der Waals surface area contributed by atoms with Gasteiger partial charge in [-0.1, -0.05) is 0 Å². The Hall–Kier alpha value is -1.10. The maximum absolute atomic E-state index is 11.3. The van der Waals surface area contributed by atoms with E-state index in [9.17, 15) is 9.59 Å². The summed E-state index contributed by atoms with van der Waals surface area (Å²) in [6.45, 7) is 2.25. The minimum atomic E-state index is -0.104. The number of carbonyl (C=O) groups excluding carboxylic acids is 2. The first kappa shape index (κ1) is 9.98. The van der Waals surface area contributed by atoms with Crippen LogP contribution in [0.4, 0.5) is 0 Å². The number of hydrogen-bond donors (Lipinski definition) is 1. The molecule has 1 aliphatic rings. The number of piperazine rings is 1. The molecular formula is C8H14N2O3. The molecule has 0 aromatic rings. The second kappa shape index (κ2) is 4.81. The summed E-state index contributed by atoms with van der Waals surface area (Å²) in [5.74, 6) is -0.0342. The van der Waals surface area contributed by atoms with Crippen LogP contribution in [-0.2, 0) is 9.59 Å². The molecule has 0 aliphatic carbocycles. The summed E-state index contributed by atoms with van der Waals surface area (Å²) in [7, 11) is 0. The van der Waals surface area contributed by atoms with Gasteiger partial charge in [0.05, 0.1) is 6.61 Å². The van der Waals surface area contributed by atoms with Crippen LogP contribution < -0.4 is 0 Å². The van der Waals surface area contributed by atoms with Crippen molar-refractivity contribution in [3.8, 4) is 0 Å². The van der Waals surface area contributed by atoms with Crippen LogP contribution in [0.25, 0.3) is 0 Å². The van der Waals surface area contributed by atoms with Crippen LogP contribution in [0.2, 0.25) is 0 Å². The molecule has 0 aromatic carbocycles. The predicted octanol–water partition coefficient (Wildman–Crippen LogP) is -1.33. The van der Waals surface area contributed by atoms with Crippen molar-refractivity contribution < 1.29 is 14.7 Å². The van der Waals surface area contributed by atoms with Crippen LogP contribution in [-0.4, -0.2) is 60.0 Å². The van der Waals surface area contributed by atoms with E-state index in [2.05, 4.69) is 0 Å². The van der Waals surface area contributed by atoms with E-state index >= 15 is 0 Å². The van der Waals surface area contributed by atoms with Gasteiger partial charge >= 0.3 is 0 Å². The molecule has 2 amide bonds. The van der Waals surface area contributed by atoms with Crippen LogP contribution in [0, 0.1) is 0 Å². The standard InChI is InChI=1S/C8H14N2O3/c11-6-1-8(13)10-4-2-9(7-12)3-5-10/h7,11H,1-6H2. The average Bonchev–Trinajstić information content (AvgIpc) is 2.18. The highest BCUT2D eigenvalue weighted by Gasteiger charge is 2.18. The maximum atomic E-state index is 11.3. The topological polar surface area (TPSA) is 60.9 Å². The molecule has 0 spiro atoms. The van der Waals surface area contributed by atoms with Crippen LogP contribution in [0.1, 0.15) is 6.42 Å². The lowest BCUT2D eigenvalue weighted by atomic mass is 10.3. The summed E-state index contributed by atoms with van der Waals surface area (Å²) in [5.41, 5.74) is 0. The number of hydrogen-bond acceptors (Lipinski definition) is 3. The van der Waals surface area contributed by atoms with Gasteiger partial charge in [0.2, 0.25) is 12.3 Å². The highest BCUT2D eigenvalue weighted by molar-refractivity contribution is 5.76. The molecule has 1 rings (SSSR count). The second-order valence-electron chi connectivity index (χ2n) is 3.00. The molecular weight excluding hydrogens is 172 g/mol. The average molecular weight is 186 g/mol. The molecule has 1 fully saturated rings. The summed E-state index contributed by atoms with van der Waals surface area (Å²) in [6.07, 6.45) is 0.981. The Morgan fingerprint density at radius 3 is 2.38 bits per heavy atom. The van der Waals surface area contributed by atoms with Gasteiger partial charge in [-0.25, -0.2) is 0 Å². The first-order chi connectivity index (χ1) is 6.27. The van der Waals surface area contributed by atoms with Gasteiger partial charge < -0.3 is 14.9 Å². The van der Waals surface area contributed by atoms with Gasteiger partial charge in [0, 0.05) is 32.6 Å². The van der Waals surface area contributed by atoms with E-state index < -0.39 is 0 Å². The Morgan fingerprint density at radius 1 is 1.31 bits per heavy atom. The fraction of sp³-hybridized carbons (Fsp3) is 0.750. The van der Waals surface area contributed by atoms with Gasteiger partial charge in [0.1, 0.15) is 0 Å². The van der Waals surface area contributed by atoms with Crippen molar-refractivity contribution in [2.45, 2.75) is 6.42 Å². The van der Waals surface area contributed by atoms with Gasteiger partial charge in [-0.05, 0) is 0 Å². The van der Waals surface area contributed by atoms with E-state index in [1.54, 1.807) is 9.80 Å². The molecule has 74 valence electrons. The van der Waals surface area contributed by atoms with Gasteiger partial charge in [-0.2, -0.15) is 0 Å². The van der Waals surface area contributed by atoms with Crippen molar-refractivity contribution in [2.75, 3.05) is 32.8 Å². The lowest BCUT2D eigenvalue weighted by Crippen LogP contribution is -2.48. The predicted molar refractivity (Wildman–Crippen MR) is 45.9 cm³/mol. The summed E-state index contributed by atoms with van der Waals surface area (Å²) in [6, 6.07) is 0. The van der Waals surface area contributed by atoms with Crippen LogP contribution in [0.3, 0.4) is 0 Å². The SMILES string of the molecule is O=CN1CCN(C(=O)CCO)CC1. The van der Waals surface area contributed by atoms with E-state index in [4.69, 9.17) is 5.11 Å². The smallest absolute Gasteiger partial charge is 0.225 e. The van der Waals surface area contributed by atoms with Gasteiger partial charge in [-0.15, -0.1) is 0 Å². The molecule has 0 aromatic heterocycles. The minimum Gasteiger partial charge on any atom is -0.396 e. The highest BCUT2D eigenvalue weighted by Crippen LogP contribution is 2.01. The van der Waals surface area contributed by atoms with Crippen LogP contribution >= 0.6 is 0 Å². The molecule has 5 heteroatoms. The van der Waals surface area contributed by atoms with Crippen molar-refractivity contribution in [1.29, 1.82) is 0 Å². The van der Waals surface area contributed by atoms with E-state index in [1.807, 2.05) is 0 Å². The fourth-order valence-electron chi connectivity index (χ4n) is 1.33. The van der Waals surface area contributed by atoms with Crippen LogP contribution in [0.15, 0.2) is 0 Å². The molecule has 1 aliphatic heterocycles. The molecule has 0 atom stereocenters. The van der Waals surface area contributed by atoms with Gasteiger partial charge in [0.15, 0.2) is 0 Å². The van der Waals surface area contributed by atoms with Crippen molar-refractivity contribution in [1.82, 2.24) is 9.80 Å². The summed E-state index contributed by atoms with van der Waals surface area (Å²) in [4.78, 5) is 24.9. The van der Waals surface area contributed by atoms with Crippen LogP contribution in [0.5, 0.6) is 0 Å². The van der Waals surface area contributed by atoms with Crippen molar-refractivity contribution in [3.05, 3.63) is 0 Å². The zero-order valence-corrected chi connectivity index (χ0v) is 7.48. The molecule has 0 bridgehead atoms. The summed E-state index contributed by atoms with van der Waals surface area (Å²) >= 11 is 0. The fourth-order valence-corrected chi connectivity index (χ4v) is 1.33. The first-order valence-electron chi connectivity index (χ1n) is 4.36. The molecule has 1 N–H and O–H groups in total. The molecule has 1 saturated heterocycles. The normalized spacial score (nSPS) is 17.3. The Balaban J connectivity index is 2.31. The zero-order valence-electron chi connectivity index (χ0n) is 7.48. The molecule has 0 saturated carbocycles. The number of carbonyl (C=O) groups is 2. The third kappa shape index (κ3) is 2.69. The van der Waals surface area contributed by atoms with Gasteiger partial charge in [-0.3, -0.25) is 9.59 Å². The molecule has 5 nitrogen and oxygen atoms in total. The van der Waals surface area contributed by atoms with E-state index in [-0.39, 0.29) is 18.9 Å². The van der Waals surface area contributed by atoms with Crippen molar-refractivity contribution in [2.24, 2.45) is 0 Å². The molecule has 13 heavy (non-hydrogen) atoms. The summed E-state index contributed by atoms with van der Waals surface area (Å²) in [5, 5.41) is 8.55. The monoisotopic (exact) mass is 186 g/mol. The Kier molecular flexibility index (Phi) is 3.70. The zero-order chi connectivity index (χ0) is 9.68. The third-order valence-corrected chi connectivity index (χ3v) is 2.14. The minimum absolute atomic E-state index is 0.0342. The summed E-state index contributed by atoms with van der Waals surface area (Å²) < 4.78 is 0. The number of rotatable bonds is 3. The maximum Gasteiger partial charge on any atom is 0.225 e. The van der Waals surface area contributed by atoms with Crippen molar-refractivity contribution >= 4 is 12.3 Å². The van der Waals surface area contributed by atoms with E-state index in [1.165, 1.54) is 0 Å². The number of amides is 2. The van der Waals surface area contributed by atoms with Crippen molar-refractivity contribution in [3.63, 3.8) is 0 Å². The quantitative estimate of drug-likeness (QED) is 0.555. The Labute approximate surface area is 76.9 Å². The Morgan fingerprint density at radius 2 is 1.92 bits per heavy atom. The van der Waals surface area contributed by atoms with E-state index in [0.717, 1.165) is 6.41 Å². The Bertz CT molecular complexity index is 188. The number of aliphatic hydroxyl groups excluding tert-OH is 1. The molecule has 0 unspecified atom stereocenters. The number of nitrogens with zero attached hydrogens (tertiary/aromatic N) is 2. The second-order valence-corrected chi connectivity index (χ2v) is 3.00. The largest absolute Gasteiger partial charge is 0.396 e. The van der Waals surface area contributed by atoms with E-state index in [0.29, 0.717) is 26.2 Å². The third-order valence-electron chi connectivity index (χ3n) is 2.14. The number of aliphatic hydroxyl groups is 1. The lowest BCUT2D eigenvalue weighted by Gasteiger charge is -2.32. The molecule has 1 heterocycles. The lowest BCUT2D eigenvalue weighted by molar-refractivity contribution is -0.135. The molecule has 0 radical (unpaired) electrons. The first-order valence-corrected chi connectivity index (χ1v) is 4.36. The van der Waals surface area contributed by atoms with Gasteiger partial charge in [0.25, 0.3) is 0 Å². The highest BCUT2D eigenvalue weighted by atomic mass is 16.3.